The fraction of sp³-hybridized carbons (Fsp3) is 0.727. The SMILES string of the molecule is FC(F)(F)COc1nc(N2CCOCC2)nc(N2CCN(c3nc(OCC(F)(F)F)nc(N4CCOCC4)n3)CC2)n1. The molecule has 3 saturated heterocycles. The van der Waals surface area contributed by atoms with Crippen LogP contribution >= 0.6 is 0 Å². The van der Waals surface area contributed by atoms with Gasteiger partial charge >= 0.3 is 24.4 Å². The molecule has 14 nitrogen and oxygen atoms in total. The van der Waals surface area contributed by atoms with Crippen molar-refractivity contribution >= 4 is 23.8 Å². The summed E-state index contributed by atoms with van der Waals surface area (Å²) in [5, 5.41) is 0. The highest BCUT2D eigenvalue weighted by atomic mass is 19.4. The molecular weight excluding hydrogens is 582 g/mol. The van der Waals surface area contributed by atoms with Crippen molar-refractivity contribution in [1.29, 1.82) is 0 Å². The van der Waals surface area contributed by atoms with Gasteiger partial charge in [0, 0.05) is 52.4 Å². The molecule has 0 spiro atoms. The molecule has 0 bridgehead atoms. The molecule has 3 fully saturated rings. The smallest absolute Gasteiger partial charge is 0.422 e. The number of anilines is 4. The van der Waals surface area contributed by atoms with Gasteiger partial charge in [-0.15, -0.1) is 0 Å². The number of ether oxygens (including phenoxy) is 4. The molecule has 5 heterocycles. The quantitative estimate of drug-likeness (QED) is 0.394. The van der Waals surface area contributed by atoms with Crippen molar-refractivity contribution in [2.75, 3.05) is 112 Å². The van der Waals surface area contributed by atoms with Crippen LogP contribution in [0.1, 0.15) is 0 Å². The van der Waals surface area contributed by atoms with Gasteiger partial charge in [-0.1, -0.05) is 0 Å². The number of halogens is 6. The summed E-state index contributed by atoms with van der Waals surface area (Å²) in [6.07, 6.45) is -9.16. The van der Waals surface area contributed by atoms with Crippen molar-refractivity contribution in [1.82, 2.24) is 29.9 Å². The maximum absolute atomic E-state index is 12.8. The Kier molecular flexibility index (Phi) is 8.99. The molecule has 3 aliphatic heterocycles. The van der Waals surface area contributed by atoms with E-state index in [9.17, 15) is 26.3 Å². The molecule has 0 radical (unpaired) electrons. The first-order valence-corrected chi connectivity index (χ1v) is 13.1. The molecule has 0 atom stereocenters. The van der Waals surface area contributed by atoms with Gasteiger partial charge in [-0.3, -0.25) is 0 Å². The molecular formula is C22H28F6N10O4. The van der Waals surface area contributed by atoms with Gasteiger partial charge < -0.3 is 38.5 Å². The van der Waals surface area contributed by atoms with Crippen molar-refractivity contribution in [3.63, 3.8) is 0 Å². The first-order valence-electron chi connectivity index (χ1n) is 13.1. The van der Waals surface area contributed by atoms with E-state index in [0.717, 1.165) is 0 Å². The van der Waals surface area contributed by atoms with Gasteiger partial charge in [0.1, 0.15) is 0 Å². The fourth-order valence-electron chi connectivity index (χ4n) is 4.29. The van der Waals surface area contributed by atoms with Crippen molar-refractivity contribution < 1.29 is 45.3 Å². The van der Waals surface area contributed by atoms with Gasteiger partial charge in [0.2, 0.25) is 23.8 Å². The van der Waals surface area contributed by atoms with Gasteiger partial charge in [0.25, 0.3) is 0 Å². The third kappa shape index (κ3) is 8.20. The third-order valence-electron chi connectivity index (χ3n) is 6.35. The van der Waals surface area contributed by atoms with Crippen LogP contribution in [0.5, 0.6) is 12.0 Å². The molecule has 20 heteroatoms. The van der Waals surface area contributed by atoms with Crippen molar-refractivity contribution in [3.05, 3.63) is 0 Å². The second kappa shape index (κ2) is 12.7. The summed E-state index contributed by atoms with van der Waals surface area (Å²) >= 11 is 0. The lowest BCUT2D eigenvalue weighted by Gasteiger charge is -2.35. The lowest BCUT2D eigenvalue weighted by molar-refractivity contribution is -0.155. The summed E-state index contributed by atoms with van der Waals surface area (Å²) in [5.41, 5.74) is 0. The molecule has 232 valence electrons. The van der Waals surface area contributed by atoms with Gasteiger partial charge in [-0.05, 0) is 0 Å². The Morgan fingerprint density at radius 3 is 1.05 bits per heavy atom. The molecule has 42 heavy (non-hydrogen) atoms. The second-order valence-electron chi connectivity index (χ2n) is 9.42. The third-order valence-corrected chi connectivity index (χ3v) is 6.35. The van der Waals surface area contributed by atoms with E-state index in [4.69, 9.17) is 18.9 Å². The van der Waals surface area contributed by atoms with E-state index in [1.165, 1.54) is 0 Å². The highest BCUT2D eigenvalue weighted by Crippen LogP contribution is 2.25. The summed E-state index contributed by atoms with van der Waals surface area (Å²) in [7, 11) is 0. The van der Waals surface area contributed by atoms with Gasteiger partial charge in [0.05, 0.1) is 26.4 Å². The van der Waals surface area contributed by atoms with E-state index >= 15 is 0 Å². The van der Waals surface area contributed by atoms with Crippen LogP contribution < -0.4 is 29.1 Å². The maximum Gasteiger partial charge on any atom is 0.422 e. The first-order chi connectivity index (χ1) is 20.0. The Bertz CT molecular complexity index is 1100. The van der Waals surface area contributed by atoms with E-state index < -0.39 is 37.6 Å². The minimum atomic E-state index is -4.58. The zero-order valence-corrected chi connectivity index (χ0v) is 22.3. The van der Waals surface area contributed by atoms with Gasteiger partial charge in [0.15, 0.2) is 13.2 Å². The molecule has 0 aliphatic carbocycles. The molecule has 0 saturated carbocycles. The predicted octanol–water partition coefficient (Wildman–Crippen LogP) is 0.939. The highest BCUT2D eigenvalue weighted by Gasteiger charge is 2.32. The zero-order chi connectivity index (χ0) is 29.7. The number of piperazine rings is 1. The molecule has 0 amide bonds. The highest BCUT2D eigenvalue weighted by molar-refractivity contribution is 5.45. The lowest BCUT2D eigenvalue weighted by atomic mass is 10.3. The Balaban J connectivity index is 1.33. The van der Waals surface area contributed by atoms with Crippen molar-refractivity contribution in [2.24, 2.45) is 0 Å². The maximum atomic E-state index is 12.8. The predicted molar refractivity (Wildman–Crippen MR) is 133 cm³/mol. The second-order valence-corrected chi connectivity index (χ2v) is 9.42. The number of hydrogen-bond donors (Lipinski definition) is 0. The molecule has 3 aliphatic rings. The van der Waals surface area contributed by atoms with Gasteiger partial charge in [-0.25, -0.2) is 0 Å². The molecule has 0 unspecified atom stereocenters. The van der Waals surface area contributed by atoms with E-state index in [-0.39, 0.29) is 23.8 Å². The lowest BCUT2D eigenvalue weighted by Crippen LogP contribution is -2.48. The molecule has 2 aromatic heterocycles. The minimum Gasteiger partial charge on any atom is -0.454 e. The minimum absolute atomic E-state index is 0.127. The molecule has 2 aromatic rings. The molecule has 0 N–H and O–H groups in total. The Labute approximate surface area is 235 Å². The van der Waals surface area contributed by atoms with Crippen LogP contribution in [-0.4, -0.2) is 134 Å². The van der Waals surface area contributed by atoms with Crippen LogP contribution in [0.3, 0.4) is 0 Å². The van der Waals surface area contributed by atoms with E-state index in [1.807, 2.05) is 0 Å². The normalized spacial score (nSPS) is 18.8. The summed E-state index contributed by atoms with van der Waals surface area (Å²) in [5.74, 6) is 0.591. The average molecular weight is 611 g/mol. The van der Waals surface area contributed by atoms with Crippen LogP contribution in [0.25, 0.3) is 0 Å². The fourth-order valence-corrected chi connectivity index (χ4v) is 4.29. The Morgan fingerprint density at radius 1 is 0.476 bits per heavy atom. The number of hydrogen-bond acceptors (Lipinski definition) is 14. The van der Waals surface area contributed by atoms with Crippen LogP contribution in [0.15, 0.2) is 0 Å². The van der Waals surface area contributed by atoms with Crippen LogP contribution in [0.4, 0.5) is 50.1 Å². The van der Waals surface area contributed by atoms with E-state index in [1.54, 1.807) is 19.6 Å². The monoisotopic (exact) mass is 610 g/mol. The number of rotatable bonds is 8. The zero-order valence-electron chi connectivity index (χ0n) is 22.3. The summed E-state index contributed by atoms with van der Waals surface area (Å²) in [4.78, 5) is 32.3. The Hall–Kier alpha value is -3.68. The molecule has 5 rings (SSSR count). The molecule has 0 aromatic carbocycles. The largest absolute Gasteiger partial charge is 0.454 e. The standard InChI is InChI=1S/C22H28F6N10O4/c23-21(24,25)13-41-19-31-15(29-17(33-19)37-5-9-39-10-6-37)35-1-2-36(4-3-35)16-30-18(38-7-11-40-12-8-38)34-20(32-16)42-14-22(26,27)28/h1-14H2. The van der Waals surface area contributed by atoms with E-state index in [0.29, 0.717) is 78.8 Å². The topological polar surface area (TPSA) is 127 Å². The summed E-state index contributed by atoms with van der Waals surface area (Å²) in [6, 6.07) is -0.916. The van der Waals surface area contributed by atoms with E-state index in [2.05, 4.69) is 29.9 Å². The number of morpholine rings is 2. The number of alkyl halides is 6. The van der Waals surface area contributed by atoms with Crippen molar-refractivity contribution in [3.8, 4) is 12.0 Å². The summed E-state index contributed by atoms with van der Waals surface area (Å²) < 4.78 is 97.2. The first kappa shape index (κ1) is 29.8. The van der Waals surface area contributed by atoms with Crippen molar-refractivity contribution in [2.45, 2.75) is 12.4 Å². The van der Waals surface area contributed by atoms with Crippen LogP contribution in [-0.2, 0) is 9.47 Å². The summed E-state index contributed by atoms with van der Waals surface area (Å²) in [6.45, 7) is 1.47. The van der Waals surface area contributed by atoms with Gasteiger partial charge in [-0.2, -0.15) is 56.2 Å². The number of nitrogens with zero attached hydrogens (tertiary/aromatic N) is 10. The Morgan fingerprint density at radius 2 is 0.762 bits per heavy atom. The van der Waals surface area contributed by atoms with Crippen LogP contribution in [0.2, 0.25) is 0 Å². The number of aromatic nitrogens is 6. The van der Waals surface area contributed by atoms with Crippen LogP contribution in [0, 0.1) is 0 Å². The average Bonchev–Trinajstić information content (AvgIpc) is 2.99.